The summed E-state index contributed by atoms with van der Waals surface area (Å²) in [5.41, 5.74) is 2.61. The number of carbonyl (C=O) groups is 4. The number of carboxylic acid groups (broad SMARTS) is 1. The van der Waals surface area contributed by atoms with E-state index in [2.05, 4.69) is 16.0 Å². The number of rotatable bonds is 3. The zero-order valence-corrected chi connectivity index (χ0v) is 19.3. The quantitative estimate of drug-likeness (QED) is 0.553. The Morgan fingerprint density at radius 2 is 1.50 bits per heavy atom. The Kier molecular flexibility index (Phi) is 8.79. The number of fused-ring (bicyclic) bond motifs is 14. The zero-order valence-electron chi connectivity index (χ0n) is 19.3. The summed E-state index contributed by atoms with van der Waals surface area (Å²) in [6.07, 6.45) is 3.47. The highest BCUT2D eigenvalue weighted by Gasteiger charge is 2.27. The standard InChI is InChI=1S/C26H31N3O5/c1-17-23(30)29-22(26(33)34)10-6-5-7-18-11-13-19(14-12-18)15-16-21(25(32)27-17)28-24(31)20-8-3-2-4-9-20/h2-4,8-9,11-14,17,21-22H,5-7,10,15-16H2,1H3,(H,27,32)(H,28,31)(H,29,30)(H,33,34)/t17-,21?,22?/m0/s1. The Hall–Kier alpha value is -3.68. The van der Waals surface area contributed by atoms with Crippen LogP contribution < -0.4 is 16.0 Å². The van der Waals surface area contributed by atoms with Crippen LogP contribution in [0.3, 0.4) is 0 Å². The highest BCUT2D eigenvalue weighted by molar-refractivity contribution is 5.98. The van der Waals surface area contributed by atoms with Crippen LogP contribution in [0.5, 0.6) is 0 Å². The van der Waals surface area contributed by atoms with E-state index in [0.717, 1.165) is 24.0 Å². The van der Waals surface area contributed by atoms with Crippen LogP contribution in [-0.4, -0.2) is 46.9 Å². The van der Waals surface area contributed by atoms with E-state index in [-0.39, 0.29) is 5.91 Å². The number of carbonyl (C=O) groups excluding carboxylic acids is 3. The first-order valence-electron chi connectivity index (χ1n) is 11.6. The second kappa shape index (κ2) is 12.0. The number of benzene rings is 2. The smallest absolute Gasteiger partial charge is 0.326 e. The molecule has 34 heavy (non-hydrogen) atoms. The molecule has 4 rings (SSSR count). The average Bonchev–Trinajstić information content (AvgIpc) is 2.84. The lowest BCUT2D eigenvalue weighted by atomic mass is 10.00. The van der Waals surface area contributed by atoms with Gasteiger partial charge >= 0.3 is 5.97 Å². The number of aliphatic carboxylic acids is 1. The maximum Gasteiger partial charge on any atom is 0.326 e. The molecule has 0 fully saturated rings. The van der Waals surface area contributed by atoms with Crippen LogP contribution in [-0.2, 0) is 27.2 Å². The minimum atomic E-state index is -1.11. The number of amides is 3. The van der Waals surface area contributed by atoms with Gasteiger partial charge < -0.3 is 21.1 Å². The van der Waals surface area contributed by atoms with E-state index in [1.54, 1.807) is 30.3 Å². The molecule has 2 unspecified atom stereocenters. The molecule has 2 aromatic carbocycles. The van der Waals surface area contributed by atoms with Crippen LogP contribution in [0.2, 0.25) is 0 Å². The van der Waals surface area contributed by atoms with Gasteiger partial charge in [-0.25, -0.2) is 4.79 Å². The fraction of sp³-hybridized carbons (Fsp3) is 0.385. The van der Waals surface area contributed by atoms with Gasteiger partial charge in [0.15, 0.2) is 0 Å². The zero-order chi connectivity index (χ0) is 24.5. The molecule has 0 aliphatic carbocycles. The van der Waals surface area contributed by atoms with Crippen molar-refractivity contribution < 1.29 is 24.3 Å². The molecule has 2 bridgehead atoms. The van der Waals surface area contributed by atoms with Crippen molar-refractivity contribution in [1.82, 2.24) is 16.0 Å². The molecule has 2 aliphatic heterocycles. The largest absolute Gasteiger partial charge is 0.480 e. The van der Waals surface area contributed by atoms with E-state index in [1.807, 2.05) is 24.3 Å². The normalized spacial score (nSPS) is 22.2. The summed E-state index contributed by atoms with van der Waals surface area (Å²) in [4.78, 5) is 49.9. The molecule has 0 radical (unpaired) electrons. The SMILES string of the molecule is C[C@@H]1NC(=O)C(NC(=O)c2ccccc2)CCc2ccc(cc2)CCCCC(C(=O)O)NC1=O. The summed E-state index contributed by atoms with van der Waals surface area (Å²) < 4.78 is 0. The summed E-state index contributed by atoms with van der Waals surface area (Å²) in [6, 6.07) is 13.8. The van der Waals surface area contributed by atoms with Crippen molar-refractivity contribution in [3.8, 4) is 0 Å². The van der Waals surface area contributed by atoms with Crippen molar-refractivity contribution in [1.29, 1.82) is 0 Å². The Morgan fingerprint density at radius 3 is 2.15 bits per heavy atom. The number of carboxylic acids is 1. The fourth-order valence-corrected chi connectivity index (χ4v) is 3.89. The molecule has 2 aliphatic rings. The third-order valence-electron chi connectivity index (χ3n) is 5.98. The first-order valence-corrected chi connectivity index (χ1v) is 11.6. The number of aryl methyl sites for hydroxylation is 2. The Labute approximate surface area is 199 Å². The summed E-state index contributed by atoms with van der Waals surface area (Å²) >= 11 is 0. The predicted molar refractivity (Wildman–Crippen MR) is 127 cm³/mol. The molecule has 8 heteroatoms. The van der Waals surface area contributed by atoms with Crippen LogP contribution in [0.15, 0.2) is 54.6 Å². The monoisotopic (exact) mass is 465 g/mol. The maximum atomic E-state index is 13.0. The lowest BCUT2D eigenvalue weighted by molar-refractivity contribution is -0.142. The van der Waals surface area contributed by atoms with Crippen LogP contribution in [0.25, 0.3) is 0 Å². The third kappa shape index (κ3) is 7.16. The number of nitrogens with one attached hydrogen (secondary N) is 3. The molecular weight excluding hydrogens is 434 g/mol. The Morgan fingerprint density at radius 1 is 0.853 bits per heavy atom. The number of hydrogen-bond acceptors (Lipinski definition) is 4. The van der Waals surface area contributed by atoms with Gasteiger partial charge in [-0.1, -0.05) is 48.9 Å². The molecule has 3 atom stereocenters. The van der Waals surface area contributed by atoms with Gasteiger partial charge in [0.1, 0.15) is 18.1 Å². The average molecular weight is 466 g/mol. The van der Waals surface area contributed by atoms with Crippen molar-refractivity contribution in [2.45, 2.75) is 63.6 Å². The Bertz CT molecular complexity index is 1010. The number of hydrogen-bond donors (Lipinski definition) is 4. The van der Waals surface area contributed by atoms with Crippen molar-refractivity contribution in [3.63, 3.8) is 0 Å². The fourth-order valence-electron chi connectivity index (χ4n) is 3.89. The van der Waals surface area contributed by atoms with E-state index < -0.39 is 35.9 Å². The summed E-state index contributed by atoms with van der Waals surface area (Å²) in [6.45, 7) is 1.49. The molecule has 0 spiro atoms. The summed E-state index contributed by atoms with van der Waals surface area (Å²) in [5.74, 6) is -2.57. The lowest BCUT2D eigenvalue weighted by Gasteiger charge is -2.22. The van der Waals surface area contributed by atoms with Crippen LogP contribution in [0.1, 0.15) is 54.1 Å². The van der Waals surface area contributed by atoms with E-state index >= 15 is 0 Å². The highest BCUT2D eigenvalue weighted by Crippen LogP contribution is 2.13. The molecule has 2 aromatic rings. The third-order valence-corrected chi connectivity index (χ3v) is 5.98. The van der Waals surface area contributed by atoms with Gasteiger partial charge in [-0.15, -0.1) is 0 Å². The van der Waals surface area contributed by atoms with Crippen molar-refractivity contribution in [3.05, 3.63) is 71.3 Å². The van der Waals surface area contributed by atoms with Crippen molar-refractivity contribution in [2.24, 2.45) is 0 Å². The van der Waals surface area contributed by atoms with Gasteiger partial charge in [-0.05, 0) is 62.3 Å². The van der Waals surface area contributed by atoms with Gasteiger partial charge in [0.25, 0.3) is 5.91 Å². The van der Waals surface area contributed by atoms with E-state index in [4.69, 9.17) is 0 Å². The van der Waals surface area contributed by atoms with Crippen LogP contribution in [0.4, 0.5) is 0 Å². The molecule has 0 saturated carbocycles. The van der Waals surface area contributed by atoms with Crippen LogP contribution in [0, 0.1) is 0 Å². The van der Waals surface area contributed by atoms with E-state index in [9.17, 15) is 24.3 Å². The van der Waals surface area contributed by atoms with Gasteiger partial charge in [0, 0.05) is 5.56 Å². The summed E-state index contributed by atoms with van der Waals surface area (Å²) in [5, 5.41) is 17.4. The lowest BCUT2D eigenvalue weighted by Crippen LogP contribution is -2.54. The highest BCUT2D eigenvalue weighted by atomic mass is 16.4. The second-order valence-electron chi connectivity index (χ2n) is 8.62. The van der Waals surface area contributed by atoms with E-state index in [0.29, 0.717) is 31.2 Å². The molecule has 0 aromatic heterocycles. The predicted octanol–water partition coefficient (Wildman–Crippen LogP) is 2.22. The molecule has 4 N–H and O–H groups in total. The van der Waals surface area contributed by atoms with Gasteiger partial charge in [0.2, 0.25) is 11.8 Å². The second-order valence-corrected chi connectivity index (χ2v) is 8.62. The summed E-state index contributed by atoms with van der Waals surface area (Å²) in [7, 11) is 0. The minimum Gasteiger partial charge on any atom is -0.480 e. The maximum absolute atomic E-state index is 13.0. The minimum absolute atomic E-state index is 0.301. The van der Waals surface area contributed by atoms with Crippen LogP contribution >= 0.6 is 0 Å². The molecular formula is C26H31N3O5. The molecule has 8 nitrogen and oxygen atoms in total. The van der Waals surface area contributed by atoms with Gasteiger partial charge in [-0.2, -0.15) is 0 Å². The van der Waals surface area contributed by atoms with Gasteiger partial charge in [0.05, 0.1) is 0 Å². The first kappa shape index (κ1) is 25.0. The topological polar surface area (TPSA) is 125 Å². The van der Waals surface area contributed by atoms with E-state index in [1.165, 1.54) is 6.92 Å². The molecule has 0 saturated heterocycles. The van der Waals surface area contributed by atoms with Crippen molar-refractivity contribution >= 4 is 23.7 Å². The molecule has 3 amide bonds. The molecule has 180 valence electrons. The molecule has 2 heterocycles. The first-order chi connectivity index (χ1) is 16.3. The van der Waals surface area contributed by atoms with Crippen molar-refractivity contribution in [2.75, 3.05) is 0 Å². The van der Waals surface area contributed by atoms with Gasteiger partial charge in [-0.3, -0.25) is 14.4 Å². The Balaban J connectivity index is 1.80.